The van der Waals surface area contributed by atoms with E-state index in [1.54, 1.807) is 0 Å². The van der Waals surface area contributed by atoms with Crippen LogP contribution in [0, 0.1) is 11.8 Å². The van der Waals surface area contributed by atoms with Crippen LogP contribution in [-0.2, 0) is 4.74 Å². The van der Waals surface area contributed by atoms with Gasteiger partial charge in [-0.05, 0) is 12.3 Å². The Morgan fingerprint density at radius 3 is 3.14 bits per heavy atom. The van der Waals surface area contributed by atoms with Gasteiger partial charge in [-0.1, -0.05) is 12.1 Å². The first-order chi connectivity index (χ1) is 6.74. The smallest absolute Gasteiger partial charge is 0.143 e. The molecule has 1 aliphatic rings. The van der Waals surface area contributed by atoms with Crippen molar-refractivity contribution in [1.82, 2.24) is 5.32 Å². The maximum atomic E-state index is 8.43. The molecule has 5 nitrogen and oxygen atoms in total. The Bertz CT molecular complexity index is 190. The summed E-state index contributed by atoms with van der Waals surface area (Å²) in [4.78, 5) is 0. The molecule has 14 heavy (non-hydrogen) atoms. The van der Waals surface area contributed by atoms with Gasteiger partial charge in [-0.2, -0.15) is 0 Å². The Labute approximate surface area is 84.3 Å². The molecule has 0 bridgehead atoms. The Morgan fingerprint density at radius 2 is 2.57 bits per heavy atom. The standard InChI is InChI=1S/C9H19N3O2/c1-7(9(10)12-13)4-11-5-8-2-3-14-6-8/h7-8,11,13H,2-6H2,1H3,(H2,10,12). The van der Waals surface area contributed by atoms with Crippen LogP contribution in [0.5, 0.6) is 0 Å². The third-order valence-corrected chi connectivity index (χ3v) is 2.53. The topological polar surface area (TPSA) is 79.9 Å². The quantitative estimate of drug-likeness (QED) is 0.253. The lowest BCUT2D eigenvalue weighted by molar-refractivity contribution is 0.185. The van der Waals surface area contributed by atoms with Crippen LogP contribution < -0.4 is 11.1 Å². The van der Waals surface area contributed by atoms with E-state index < -0.39 is 0 Å². The first-order valence-electron chi connectivity index (χ1n) is 5.00. The molecule has 1 rings (SSSR count). The molecular formula is C9H19N3O2. The lowest BCUT2D eigenvalue weighted by Crippen LogP contribution is -2.33. The SMILES string of the molecule is CC(CNCC1CCOC1)C(N)=NO. The van der Waals surface area contributed by atoms with Crippen LogP contribution in [0.15, 0.2) is 5.16 Å². The average molecular weight is 201 g/mol. The lowest BCUT2D eigenvalue weighted by atomic mass is 10.1. The molecule has 4 N–H and O–H groups in total. The van der Waals surface area contributed by atoms with Gasteiger partial charge in [0.25, 0.3) is 0 Å². The Morgan fingerprint density at radius 1 is 1.79 bits per heavy atom. The van der Waals surface area contributed by atoms with Gasteiger partial charge >= 0.3 is 0 Å². The molecule has 1 fully saturated rings. The maximum absolute atomic E-state index is 8.43. The third kappa shape index (κ3) is 3.51. The molecule has 5 heteroatoms. The first-order valence-corrected chi connectivity index (χ1v) is 5.00. The fraction of sp³-hybridized carbons (Fsp3) is 0.889. The fourth-order valence-electron chi connectivity index (χ4n) is 1.45. The number of hydrogen-bond acceptors (Lipinski definition) is 4. The van der Waals surface area contributed by atoms with E-state index in [-0.39, 0.29) is 11.8 Å². The lowest BCUT2D eigenvalue weighted by Gasteiger charge is -2.13. The molecule has 2 atom stereocenters. The molecule has 0 amide bonds. The fourth-order valence-corrected chi connectivity index (χ4v) is 1.45. The molecule has 0 saturated carbocycles. The summed E-state index contributed by atoms with van der Waals surface area (Å²) in [5.41, 5.74) is 5.45. The van der Waals surface area contributed by atoms with E-state index in [2.05, 4.69) is 10.5 Å². The number of oxime groups is 1. The minimum absolute atomic E-state index is 0.0716. The molecule has 1 aliphatic heterocycles. The van der Waals surface area contributed by atoms with Gasteiger partial charge in [-0.3, -0.25) is 0 Å². The average Bonchev–Trinajstić information content (AvgIpc) is 2.69. The van der Waals surface area contributed by atoms with Crippen molar-refractivity contribution >= 4 is 5.84 Å². The van der Waals surface area contributed by atoms with Crippen LogP contribution in [0.4, 0.5) is 0 Å². The zero-order valence-electron chi connectivity index (χ0n) is 8.57. The van der Waals surface area contributed by atoms with Crippen LogP contribution >= 0.6 is 0 Å². The second kappa shape index (κ2) is 5.82. The van der Waals surface area contributed by atoms with E-state index >= 15 is 0 Å². The first kappa shape index (κ1) is 11.3. The predicted molar refractivity (Wildman–Crippen MR) is 54.4 cm³/mol. The van der Waals surface area contributed by atoms with Crippen molar-refractivity contribution in [3.05, 3.63) is 0 Å². The van der Waals surface area contributed by atoms with Gasteiger partial charge in [0.15, 0.2) is 0 Å². The molecule has 0 radical (unpaired) electrons. The normalized spacial score (nSPS) is 25.2. The summed E-state index contributed by atoms with van der Waals surface area (Å²) in [6.45, 7) is 5.34. The van der Waals surface area contributed by atoms with Crippen LogP contribution in [0.2, 0.25) is 0 Å². The highest BCUT2D eigenvalue weighted by atomic mass is 16.5. The summed E-state index contributed by atoms with van der Waals surface area (Å²) >= 11 is 0. The Hall–Kier alpha value is -0.810. The molecule has 82 valence electrons. The summed E-state index contributed by atoms with van der Waals surface area (Å²) < 4.78 is 5.25. The molecule has 0 spiro atoms. The second-order valence-electron chi connectivity index (χ2n) is 3.81. The number of hydrogen-bond donors (Lipinski definition) is 3. The summed E-state index contributed by atoms with van der Waals surface area (Å²) in [7, 11) is 0. The van der Waals surface area contributed by atoms with Crippen LogP contribution in [0.1, 0.15) is 13.3 Å². The number of nitrogens with zero attached hydrogens (tertiary/aromatic N) is 1. The summed E-state index contributed by atoms with van der Waals surface area (Å²) in [5, 5.41) is 14.7. The molecule has 0 aliphatic carbocycles. The van der Waals surface area contributed by atoms with Crippen molar-refractivity contribution in [1.29, 1.82) is 0 Å². The summed E-state index contributed by atoms with van der Waals surface area (Å²) in [6, 6.07) is 0. The van der Waals surface area contributed by atoms with Crippen LogP contribution in [0.3, 0.4) is 0 Å². The summed E-state index contributed by atoms with van der Waals surface area (Å²) in [5.74, 6) is 0.969. The number of ether oxygens (including phenoxy) is 1. The number of nitrogens with two attached hydrogens (primary N) is 1. The third-order valence-electron chi connectivity index (χ3n) is 2.53. The number of amidine groups is 1. The zero-order chi connectivity index (χ0) is 10.4. The monoisotopic (exact) mass is 201 g/mol. The van der Waals surface area contributed by atoms with Gasteiger partial charge in [-0.15, -0.1) is 0 Å². The molecule has 1 saturated heterocycles. The predicted octanol–water partition coefficient (Wildman–Crippen LogP) is -0.00500. The summed E-state index contributed by atoms with van der Waals surface area (Å²) in [6.07, 6.45) is 1.13. The second-order valence-corrected chi connectivity index (χ2v) is 3.81. The van der Waals surface area contributed by atoms with E-state index in [1.165, 1.54) is 0 Å². The van der Waals surface area contributed by atoms with Crippen molar-refractivity contribution in [3.63, 3.8) is 0 Å². The number of rotatable bonds is 5. The van der Waals surface area contributed by atoms with E-state index in [0.717, 1.165) is 32.7 Å². The molecule has 1 heterocycles. The molecule has 0 aromatic heterocycles. The van der Waals surface area contributed by atoms with Gasteiger partial charge in [0.2, 0.25) is 0 Å². The van der Waals surface area contributed by atoms with E-state index in [0.29, 0.717) is 5.92 Å². The van der Waals surface area contributed by atoms with Crippen molar-refractivity contribution in [2.75, 3.05) is 26.3 Å². The molecular weight excluding hydrogens is 182 g/mol. The molecule has 0 aromatic carbocycles. The minimum Gasteiger partial charge on any atom is -0.409 e. The van der Waals surface area contributed by atoms with Gasteiger partial charge < -0.3 is 21.0 Å². The number of nitrogens with one attached hydrogen (secondary N) is 1. The van der Waals surface area contributed by atoms with E-state index in [1.807, 2.05) is 6.92 Å². The van der Waals surface area contributed by atoms with Crippen molar-refractivity contribution in [3.8, 4) is 0 Å². The zero-order valence-corrected chi connectivity index (χ0v) is 8.57. The van der Waals surface area contributed by atoms with Crippen molar-refractivity contribution in [2.45, 2.75) is 13.3 Å². The molecule has 2 unspecified atom stereocenters. The largest absolute Gasteiger partial charge is 0.409 e. The van der Waals surface area contributed by atoms with Crippen molar-refractivity contribution in [2.24, 2.45) is 22.7 Å². The van der Waals surface area contributed by atoms with E-state index in [4.69, 9.17) is 15.7 Å². The van der Waals surface area contributed by atoms with Crippen LogP contribution in [-0.4, -0.2) is 37.3 Å². The van der Waals surface area contributed by atoms with E-state index in [9.17, 15) is 0 Å². The highest BCUT2D eigenvalue weighted by Crippen LogP contribution is 2.10. The van der Waals surface area contributed by atoms with Crippen LogP contribution in [0.25, 0.3) is 0 Å². The Balaban J connectivity index is 2.08. The van der Waals surface area contributed by atoms with Crippen molar-refractivity contribution < 1.29 is 9.94 Å². The maximum Gasteiger partial charge on any atom is 0.143 e. The Kier molecular flexibility index (Phi) is 4.69. The van der Waals surface area contributed by atoms with Gasteiger partial charge in [0.05, 0.1) is 6.61 Å². The van der Waals surface area contributed by atoms with Gasteiger partial charge in [0, 0.05) is 25.6 Å². The van der Waals surface area contributed by atoms with Gasteiger partial charge in [-0.25, -0.2) is 0 Å². The van der Waals surface area contributed by atoms with Gasteiger partial charge in [0.1, 0.15) is 5.84 Å². The minimum atomic E-state index is 0.0716. The highest BCUT2D eigenvalue weighted by molar-refractivity contribution is 5.82. The molecule has 0 aromatic rings. The highest BCUT2D eigenvalue weighted by Gasteiger charge is 2.15.